The maximum absolute atomic E-state index is 13.6. The Morgan fingerprint density at radius 3 is 2.38 bits per heavy atom. The second kappa shape index (κ2) is 12.2. The number of hydrogen-bond donors (Lipinski definition) is 1. The number of sulfonamides is 1. The number of rotatable bonds is 11. The third-order valence-corrected chi connectivity index (χ3v) is 9.02. The van der Waals surface area contributed by atoms with Crippen LogP contribution in [0.2, 0.25) is 0 Å². The van der Waals surface area contributed by atoms with E-state index in [1.807, 2.05) is 44.2 Å². The Balaban J connectivity index is 1.49. The highest BCUT2D eigenvalue weighted by molar-refractivity contribution is 8.00. The average Bonchev–Trinajstić information content (AvgIpc) is 3.35. The maximum Gasteiger partial charge on any atom is 0.264 e. The number of ether oxygens (including phenoxy) is 1. The molecule has 0 aliphatic heterocycles. The number of nitrogens with one attached hydrogen (secondary N) is 1. The van der Waals surface area contributed by atoms with Crippen LogP contribution in [0, 0.1) is 6.92 Å². The van der Waals surface area contributed by atoms with Gasteiger partial charge in [-0.05, 0) is 55.8 Å². The number of thioether (sulfide) groups is 1. The molecule has 1 aromatic heterocycles. The smallest absolute Gasteiger partial charge is 0.264 e. The van der Waals surface area contributed by atoms with Crippen LogP contribution >= 0.6 is 23.1 Å². The molecule has 0 radical (unpaired) electrons. The lowest BCUT2D eigenvalue weighted by molar-refractivity contribution is -0.114. The predicted octanol–water partition coefficient (Wildman–Crippen LogP) is 5.37. The van der Waals surface area contributed by atoms with E-state index in [-0.39, 0.29) is 4.90 Å². The lowest BCUT2D eigenvalue weighted by atomic mass is 10.2. The van der Waals surface area contributed by atoms with Crippen LogP contribution < -0.4 is 14.4 Å². The molecule has 0 aliphatic carbocycles. The maximum atomic E-state index is 13.6. The molecule has 11 heteroatoms. The zero-order valence-corrected chi connectivity index (χ0v) is 22.8. The zero-order chi connectivity index (χ0) is 26.3. The molecule has 1 N–H and O–H groups in total. The third-order valence-electron chi connectivity index (χ3n) is 5.19. The minimum atomic E-state index is -4.04. The molecule has 8 nitrogen and oxygen atoms in total. The Bertz CT molecular complexity index is 1420. The number of carbonyl (C=O) groups excluding carboxylic acids is 1. The van der Waals surface area contributed by atoms with Gasteiger partial charge in [0.15, 0.2) is 4.34 Å². The first kappa shape index (κ1) is 26.6. The van der Waals surface area contributed by atoms with Crippen LogP contribution in [0.4, 0.5) is 10.8 Å². The molecular weight excluding hydrogens is 529 g/mol. The van der Waals surface area contributed by atoms with E-state index >= 15 is 0 Å². The Labute approximate surface area is 224 Å². The van der Waals surface area contributed by atoms with Gasteiger partial charge in [0.05, 0.1) is 17.2 Å². The lowest BCUT2D eigenvalue weighted by Crippen LogP contribution is -2.38. The summed E-state index contributed by atoms with van der Waals surface area (Å²) < 4.78 is 34.4. The van der Waals surface area contributed by atoms with E-state index in [1.54, 1.807) is 36.4 Å². The molecule has 0 aliphatic rings. The number of benzene rings is 3. The zero-order valence-electron chi connectivity index (χ0n) is 20.3. The van der Waals surface area contributed by atoms with Crippen molar-refractivity contribution < 1.29 is 17.9 Å². The molecule has 4 aromatic rings. The molecule has 4 rings (SSSR count). The Kier molecular flexibility index (Phi) is 8.80. The molecule has 37 heavy (non-hydrogen) atoms. The number of aryl methyl sites for hydroxylation is 1. The number of carbonyl (C=O) groups is 1. The SMILES string of the molecule is CCOc1ccc(S(=O)(=O)N(CC(=O)Nc2nnc(SCc3ccccc3)s2)c2ccc(C)cc2)cc1. The van der Waals surface area contributed by atoms with Crippen molar-refractivity contribution in [3.8, 4) is 5.75 Å². The quantitative estimate of drug-likeness (QED) is 0.196. The van der Waals surface area contributed by atoms with Crippen molar-refractivity contribution in [1.82, 2.24) is 10.2 Å². The van der Waals surface area contributed by atoms with Crippen LogP contribution in [-0.2, 0) is 20.6 Å². The molecule has 0 atom stereocenters. The third kappa shape index (κ3) is 7.09. The van der Waals surface area contributed by atoms with E-state index in [1.165, 1.54) is 35.2 Å². The number of anilines is 2. The Morgan fingerprint density at radius 1 is 1.00 bits per heavy atom. The van der Waals surface area contributed by atoms with Gasteiger partial charge in [-0.1, -0.05) is 71.1 Å². The molecular formula is C26H26N4O4S3. The molecule has 0 bridgehead atoms. The van der Waals surface area contributed by atoms with Crippen LogP contribution in [0.3, 0.4) is 0 Å². The van der Waals surface area contributed by atoms with Gasteiger partial charge in [-0.25, -0.2) is 8.42 Å². The van der Waals surface area contributed by atoms with Gasteiger partial charge in [-0.15, -0.1) is 10.2 Å². The molecule has 0 unspecified atom stereocenters. The van der Waals surface area contributed by atoms with Crippen LogP contribution in [0.15, 0.2) is 88.1 Å². The molecule has 1 amide bonds. The number of aromatic nitrogens is 2. The summed E-state index contributed by atoms with van der Waals surface area (Å²) in [5.41, 5.74) is 2.51. The van der Waals surface area contributed by atoms with Crippen molar-refractivity contribution in [3.63, 3.8) is 0 Å². The van der Waals surface area contributed by atoms with Gasteiger partial charge in [0.1, 0.15) is 12.3 Å². The molecule has 1 heterocycles. The number of amides is 1. The van der Waals surface area contributed by atoms with E-state index in [0.717, 1.165) is 21.2 Å². The number of nitrogens with zero attached hydrogens (tertiary/aromatic N) is 3. The second-order valence-corrected chi connectivity index (χ2v) is 12.0. The van der Waals surface area contributed by atoms with Gasteiger partial charge in [-0.3, -0.25) is 14.4 Å². The van der Waals surface area contributed by atoms with E-state index in [9.17, 15) is 13.2 Å². The van der Waals surface area contributed by atoms with E-state index in [2.05, 4.69) is 15.5 Å². The normalized spacial score (nSPS) is 11.2. The highest BCUT2D eigenvalue weighted by Gasteiger charge is 2.27. The molecule has 3 aromatic carbocycles. The summed E-state index contributed by atoms with van der Waals surface area (Å²) in [7, 11) is -4.04. The number of hydrogen-bond acceptors (Lipinski definition) is 8. The monoisotopic (exact) mass is 554 g/mol. The molecule has 192 valence electrons. The highest BCUT2D eigenvalue weighted by Crippen LogP contribution is 2.29. The Morgan fingerprint density at radius 2 is 1.70 bits per heavy atom. The summed E-state index contributed by atoms with van der Waals surface area (Å²) >= 11 is 2.76. The summed E-state index contributed by atoms with van der Waals surface area (Å²) in [6.07, 6.45) is 0. The molecule has 0 fully saturated rings. The summed E-state index contributed by atoms with van der Waals surface area (Å²) in [5.74, 6) is 0.773. The fraction of sp³-hybridized carbons (Fsp3) is 0.192. The van der Waals surface area contributed by atoms with Gasteiger partial charge >= 0.3 is 0 Å². The summed E-state index contributed by atoms with van der Waals surface area (Å²) in [5, 5.41) is 11.2. The second-order valence-electron chi connectivity index (χ2n) is 7.95. The van der Waals surface area contributed by atoms with Crippen molar-refractivity contribution in [2.75, 3.05) is 22.8 Å². The molecule has 0 spiro atoms. The van der Waals surface area contributed by atoms with Crippen molar-refractivity contribution in [1.29, 1.82) is 0 Å². The van der Waals surface area contributed by atoms with Gasteiger partial charge < -0.3 is 4.74 Å². The van der Waals surface area contributed by atoms with E-state index < -0.39 is 22.5 Å². The molecule has 0 saturated heterocycles. The van der Waals surface area contributed by atoms with Gasteiger partial charge in [0, 0.05) is 5.75 Å². The van der Waals surface area contributed by atoms with E-state index in [4.69, 9.17) is 4.74 Å². The van der Waals surface area contributed by atoms with Gasteiger partial charge in [0.2, 0.25) is 11.0 Å². The van der Waals surface area contributed by atoms with Gasteiger partial charge in [-0.2, -0.15) is 0 Å². The summed E-state index contributed by atoms with van der Waals surface area (Å²) in [6, 6.07) is 23.1. The van der Waals surface area contributed by atoms with Crippen LogP contribution in [0.1, 0.15) is 18.1 Å². The topological polar surface area (TPSA) is 101 Å². The first-order valence-electron chi connectivity index (χ1n) is 11.5. The summed E-state index contributed by atoms with van der Waals surface area (Å²) in [4.78, 5) is 13.0. The predicted molar refractivity (Wildman–Crippen MR) is 148 cm³/mol. The van der Waals surface area contributed by atoms with Crippen molar-refractivity contribution >= 4 is 49.8 Å². The van der Waals surface area contributed by atoms with Crippen molar-refractivity contribution in [2.24, 2.45) is 0 Å². The van der Waals surface area contributed by atoms with Crippen LogP contribution in [0.25, 0.3) is 0 Å². The van der Waals surface area contributed by atoms with E-state index in [0.29, 0.717) is 27.5 Å². The fourth-order valence-electron chi connectivity index (χ4n) is 3.35. The lowest BCUT2D eigenvalue weighted by Gasteiger charge is -2.24. The van der Waals surface area contributed by atoms with Crippen LogP contribution in [0.5, 0.6) is 5.75 Å². The van der Waals surface area contributed by atoms with Crippen molar-refractivity contribution in [2.45, 2.75) is 28.8 Å². The standard InChI is InChI=1S/C26H26N4O4S3/c1-3-34-22-13-15-23(16-14-22)37(32,33)30(21-11-9-19(2)10-12-21)17-24(31)27-25-28-29-26(36-25)35-18-20-7-5-4-6-8-20/h4-16H,3,17-18H2,1-2H3,(H,27,28,31). The van der Waals surface area contributed by atoms with Crippen molar-refractivity contribution in [3.05, 3.63) is 90.0 Å². The first-order valence-corrected chi connectivity index (χ1v) is 14.7. The molecule has 0 saturated carbocycles. The first-order chi connectivity index (χ1) is 17.8. The van der Waals surface area contributed by atoms with Crippen LogP contribution in [-0.4, -0.2) is 37.7 Å². The fourth-order valence-corrected chi connectivity index (χ4v) is 6.50. The minimum absolute atomic E-state index is 0.0554. The largest absolute Gasteiger partial charge is 0.494 e. The summed E-state index contributed by atoms with van der Waals surface area (Å²) in [6.45, 7) is 3.81. The highest BCUT2D eigenvalue weighted by atomic mass is 32.2. The Hall–Kier alpha value is -3.41. The minimum Gasteiger partial charge on any atom is -0.494 e. The van der Waals surface area contributed by atoms with Gasteiger partial charge in [0.25, 0.3) is 10.0 Å². The average molecular weight is 555 g/mol.